The van der Waals surface area contributed by atoms with Gasteiger partial charge in [-0.15, -0.1) is 0 Å². The number of para-hydroxylation sites is 1. The molecule has 2 aromatic heterocycles. The number of rotatable bonds is 4. The van der Waals surface area contributed by atoms with Crippen LogP contribution in [0.5, 0.6) is 0 Å². The number of benzene rings is 2. The third kappa shape index (κ3) is 4.58. The molecule has 0 N–H and O–H groups in total. The predicted octanol–water partition coefficient (Wildman–Crippen LogP) is 6.56. The van der Waals surface area contributed by atoms with Gasteiger partial charge in [0.05, 0.1) is 17.5 Å². The fraction of sp³-hybridized carbons (Fsp3) is 0.208. The van der Waals surface area contributed by atoms with E-state index in [0.29, 0.717) is 6.04 Å². The van der Waals surface area contributed by atoms with Crippen molar-refractivity contribution in [1.82, 2.24) is 4.98 Å². The molecule has 4 aromatic rings. The lowest BCUT2D eigenvalue weighted by molar-refractivity contribution is 0.579. The monoisotopic (exact) mass is 376 g/mol. The van der Waals surface area contributed by atoms with E-state index in [4.69, 9.17) is 9.40 Å². The molecular weight excluding hydrogens is 351 g/mol. The molecule has 1 atom stereocenters. The molecule has 0 saturated carbocycles. The Kier molecular flexibility index (Phi) is 6.43. The van der Waals surface area contributed by atoms with Crippen LogP contribution in [0, 0.1) is 5.82 Å². The van der Waals surface area contributed by atoms with Crippen molar-refractivity contribution >= 4 is 16.6 Å². The molecule has 0 aliphatic heterocycles. The maximum Gasteiger partial charge on any atom is 0.154 e. The highest BCUT2D eigenvalue weighted by Crippen LogP contribution is 2.33. The summed E-state index contributed by atoms with van der Waals surface area (Å²) in [5.74, 6) is 0.633. The topological polar surface area (TPSA) is 29.3 Å². The Bertz CT molecular complexity index is 1000. The molecular formula is C24H25FN2O. The molecule has 0 saturated heterocycles. The van der Waals surface area contributed by atoms with E-state index in [0.717, 1.165) is 34.5 Å². The van der Waals surface area contributed by atoms with Crippen molar-refractivity contribution in [3.63, 3.8) is 0 Å². The lowest BCUT2D eigenvalue weighted by Crippen LogP contribution is -2.28. The van der Waals surface area contributed by atoms with Gasteiger partial charge in [-0.25, -0.2) is 9.37 Å². The van der Waals surface area contributed by atoms with Crippen LogP contribution in [0.4, 0.5) is 10.1 Å². The molecule has 0 radical (unpaired) electrons. The Morgan fingerprint density at radius 3 is 2.32 bits per heavy atom. The molecule has 3 nitrogen and oxygen atoms in total. The minimum atomic E-state index is -0.178. The summed E-state index contributed by atoms with van der Waals surface area (Å²) in [5.41, 5.74) is 3.00. The zero-order valence-corrected chi connectivity index (χ0v) is 16.5. The first kappa shape index (κ1) is 19.6. The second-order valence-corrected chi connectivity index (χ2v) is 6.69. The van der Waals surface area contributed by atoms with E-state index in [9.17, 15) is 4.39 Å². The molecule has 1 unspecified atom stereocenters. The molecule has 0 fully saturated rings. The molecule has 28 heavy (non-hydrogen) atoms. The molecule has 0 bridgehead atoms. The molecule has 0 aliphatic carbocycles. The summed E-state index contributed by atoms with van der Waals surface area (Å²) >= 11 is 0. The second-order valence-electron chi connectivity index (χ2n) is 6.69. The van der Waals surface area contributed by atoms with Crippen molar-refractivity contribution in [2.24, 2.45) is 0 Å². The molecule has 0 aliphatic rings. The minimum Gasteiger partial charge on any atom is -0.463 e. The molecule has 144 valence electrons. The summed E-state index contributed by atoms with van der Waals surface area (Å²) in [4.78, 5) is 7.10. The second kappa shape index (κ2) is 9.18. The van der Waals surface area contributed by atoms with Gasteiger partial charge < -0.3 is 9.32 Å². The number of hydrogen-bond donors (Lipinski definition) is 0. The van der Waals surface area contributed by atoms with E-state index in [2.05, 4.69) is 37.9 Å². The van der Waals surface area contributed by atoms with Crippen LogP contribution in [0.15, 0.2) is 83.5 Å². The molecule has 0 spiro atoms. The average Bonchev–Trinajstić information content (AvgIpc) is 3.27. The number of fused-ring (bicyclic) bond motifs is 1. The number of halogens is 1. The van der Waals surface area contributed by atoms with Crippen LogP contribution in [0.2, 0.25) is 0 Å². The summed E-state index contributed by atoms with van der Waals surface area (Å²) in [5, 5.41) is 1.15. The van der Waals surface area contributed by atoms with Gasteiger partial charge in [-0.3, -0.25) is 0 Å². The minimum absolute atomic E-state index is 0.178. The first-order valence-electron chi connectivity index (χ1n) is 9.47. The number of nitrogens with zero attached hydrogens (tertiary/aromatic N) is 2. The van der Waals surface area contributed by atoms with Gasteiger partial charge in [0.15, 0.2) is 5.76 Å². The van der Waals surface area contributed by atoms with E-state index in [-0.39, 0.29) is 5.82 Å². The lowest BCUT2D eigenvalue weighted by Gasteiger charge is -2.27. The number of anilines is 1. The summed E-state index contributed by atoms with van der Waals surface area (Å²) in [7, 11) is 2.12. The van der Waals surface area contributed by atoms with Gasteiger partial charge in [0.25, 0.3) is 0 Å². The van der Waals surface area contributed by atoms with E-state index in [1.54, 1.807) is 24.5 Å². The largest absolute Gasteiger partial charge is 0.463 e. The van der Waals surface area contributed by atoms with Crippen molar-refractivity contribution in [3.8, 4) is 11.5 Å². The average molecular weight is 376 g/mol. The Hall–Kier alpha value is -3.14. The van der Waals surface area contributed by atoms with Crippen LogP contribution in [-0.2, 0) is 0 Å². The highest BCUT2D eigenvalue weighted by Gasteiger charge is 2.17. The number of furan rings is 1. The standard InChI is InChI=1S/C18H20N2O.C6H5F/c1-4-13(2)20(3)16-12-14-8-5-6-9-15(14)19-18(16)17-10-7-11-21-17;7-6-4-2-1-3-5-6/h5-13H,4H2,1-3H3;1-5H. The molecule has 2 heterocycles. The third-order valence-electron chi connectivity index (χ3n) is 4.82. The van der Waals surface area contributed by atoms with Crippen molar-refractivity contribution < 1.29 is 8.81 Å². The quantitative estimate of drug-likeness (QED) is 0.404. The predicted molar refractivity (Wildman–Crippen MR) is 114 cm³/mol. The first-order chi connectivity index (χ1) is 13.6. The maximum absolute atomic E-state index is 11.9. The Morgan fingerprint density at radius 2 is 1.71 bits per heavy atom. The number of hydrogen-bond acceptors (Lipinski definition) is 3. The van der Waals surface area contributed by atoms with Crippen LogP contribution in [0.25, 0.3) is 22.4 Å². The Balaban J connectivity index is 0.000000271. The molecule has 4 rings (SSSR count). The van der Waals surface area contributed by atoms with Gasteiger partial charge in [-0.05, 0) is 49.7 Å². The summed E-state index contributed by atoms with van der Waals surface area (Å²) in [6.45, 7) is 4.42. The van der Waals surface area contributed by atoms with E-state index in [1.165, 1.54) is 12.1 Å². The lowest BCUT2D eigenvalue weighted by atomic mass is 10.1. The fourth-order valence-electron chi connectivity index (χ4n) is 2.89. The van der Waals surface area contributed by atoms with E-state index in [1.807, 2.05) is 30.3 Å². The van der Waals surface area contributed by atoms with E-state index < -0.39 is 0 Å². The Labute approximate surface area is 165 Å². The van der Waals surface area contributed by atoms with Crippen molar-refractivity contribution in [3.05, 3.63) is 84.9 Å². The zero-order valence-electron chi connectivity index (χ0n) is 16.5. The fourth-order valence-corrected chi connectivity index (χ4v) is 2.89. The van der Waals surface area contributed by atoms with Crippen LogP contribution < -0.4 is 4.90 Å². The van der Waals surface area contributed by atoms with Crippen molar-refractivity contribution in [1.29, 1.82) is 0 Å². The van der Waals surface area contributed by atoms with Crippen LogP contribution in [-0.4, -0.2) is 18.1 Å². The smallest absolute Gasteiger partial charge is 0.154 e. The van der Waals surface area contributed by atoms with Gasteiger partial charge in [-0.1, -0.05) is 43.3 Å². The Morgan fingerprint density at radius 1 is 1.00 bits per heavy atom. The SMILES string of the molecule is CCC(C)N(C)c1cc2ccccc2nc1-c1ccco1.Fc1ccccc1. The zero-order chi connectivity index (χ0) is 19.9. The molecule has 4 heteroatoms. The number of pyridine rings is 1. The van der Waals surface area contributed by atoms with Crippen LogP contribution >= 0.6 is 0 Å². The van der Waals surface area contributed by atoms with Gasteiger partial charge in [0.1, 0.15) is 11.5 Å². The van der Waals surface area contributed by atoms with Gasteiger partial charge in [0, 0.05) is 18.5 Å². The normalized spacial score (nSPS) is 11.6. The number of aromatic nitrogens is 1. The summed E-state index contributed by atoms with van der Waals surface area (Å²) in [6.07, 6.45) is 2.78. The first-order valence-corrected chi connectivity index (χ1v) is 9.47. The third-order valence-corrected chi connectivity index (χ3v) is 4.82. The summed E-state index contributed by atoms with van der Waals surface area (Å²) < 4.78 is 17.5. The van der Waals surface area contributed by atoms with Crippen molar-refractivity contribution in [2.75, 3.05) is 11.9 Å². The van der Waals surface area contributed by atoms with Crippen molar-refractivity contribution in [2.45, 2.75) is 26.3 Å². The molecule has 0 amide bonds. The van der Waals surface area contributed by atoms with Gasteiger partial charge >= 0.3 is 0 Å². The van der Waals surface area contributed by atoms with Crippen LogP contribution in [0.3, 0.4) is 0 Å². The maximum atomic E-state index is 11.9. The van der Waals surface area contributed by atoms with Gasteiger partial charge in [0.2, 0.25) is 0 Å². The van der Waals surface area contributed by atoms with Gasteiger partial charge in [-0.2, -0.15) is 0 Å². The highest BCUT2D eigenvalue weighted by molar-refractivity contribution is 5.88. The van der Waals surface area contributed by atoms with Crippen LogP contribution in [0.1, 0.15) is 20.3 Å². The summed E-state index contributed by atoms with van der Waals surface area (Å²) in [6, 6.07) is 22.6. The molecule has 2 aromatic carbocycles. The highest BCUT2D eigenvalue weighted by atomic mass is 19.1. The van der Waals surface area contributed by atoms with E-state index >= 15 is 0 Å².